The maximum absolute atomic E-state index is 6.32. The van der Waals surface area contributed by atoms with Gasteiger partial charge in [-0.1, -0.05) is 11.3 Å². The molecule has 0 saturated carbocycles. The Hall–Kier alpha value is -4.90. The van der Waals surface area contributed by atoms with Gasteiger partial charge < -0.3 is 10.6 Å². The quantitative estimate of drug-likeness (QED) is 0.357. The highest BCUT2D eigenvalue weighted by Gasteiger charge is 2.27. The SMILES string of the molecule is CN(C)Cc1cn(C2CCc3cc(-n4c(-c5cccnc5N)nc5ccc(-n6cccn6)nc54)ccc32)nn1. The van der Waals surface area contributed by atoms with Crippen LogP contribution >= 0.6 is 0 Å². The molecule has 5 heterocycles. The van der Waals surface area contributed by atoms with Crippen LogP contribution in [0.25, 0.3) is 34.1 Å². The number of pyridine rings is 2. The van der Waals surface area contributed by atoms with E-state index in [2.05, 4.69) is 54.3 Å². The largest absolute Gasteiger partial charge is 0.383 e. The summed E-state index contributed by atoms with van der Waals surface area (Å²) in [4.78, 5) is 16.3. The lowest BCUT2D eigenvalue weighted by molar-refractivity contribution is 0.396. The summed E-state index contributed by atoms with van der Waals surface area (Å²) < 4.78 is 5.80. The van der Waals surface area contributed by atoms with Gasteiger partial charge in [0.1, 0.15) is 11.3 Å². The molecule has 1 aliphatic carbocycles. The van der Waals surface area contributed by atoms with Crippen molar-refractivity contribution in [1.29, 1.82) is 0 Å². The molecule has 11 nitrogen and oxygen atoms in total. The van der Waals surface area contributed by atoms with Crippen LogP contribution in [0.15, 0.2) is 73.3 Å². The number of nitrogen functional groups attached to an aromatic ring is 1. The van der Waals surface area contributed by atoms with Crippen molar-refractivity contribution in [3.8, 4) is 22.9 Å². The second-order valence-corrected chi connectivity index (χ2v) is 10.0. The average Bonchev–Trinajstić information content (AvgIpc) is 3.73. The summed E-state index contributed by atoms with van der Waals surface area (Å²) in [7, 11) is 4.07. The number of fused-ring (bicyclic) bond motifs is 2. The zero-order valence-corrected chi connectivity index (χ0v) is 21.7. The van der Waals surface area contributed by atoms with Gasteiger partial charge in [0, 0.05) is 30.8 Å². The van der Waals surface area contributed by atoms with Crippen molar-refractivity contribution >= 4 is 17.0 Å². The number of aryl methyl sites for hydroxylation is 1. The Morgan fingerprint density at radius 3 is 2.79 bits per heavy atom. The van der Waals surface area contributed by atoms with Crippen molar-refractivity contribution < 1.29 is 0 Å². The lowest BCUT2D eigenvalue weighted by Gasteiger charge is -2.14. The number of rotatable bonds is 6. The smallest absolute Gasteiger partial charge is 0.167 e. The molecule has 1 atom stereocenters. The van der Waals surface area contributed by atoms with Gasteiger partial charge in [-0.25, -0.2) is 24.3 Å². The number of nitrogens with two attached hydrogens (primary N) is 1. The second kappa shape index (κ2) is 9.14. The predicted octanol–water partition coefficient (Wildman–Crippen LogP) is 3.44. The molecule has 194 valence electrons. The first-order chi connectivity index (χ1) is 19.0. The van der Waals surface area contributed by atoms with Gasteiger partial charge in [-0.2, -0.15) is 5.10 Å². The molecule has 2 N–H and O–H groups in total. The fraction of sp³-hybridized carbons (Fsp3) is 0.214. The Kier molecular flexibility index (Phi) is 5.44. The number of hydrogen-bond donors (Lipinski definition) is 1. The number of aromatic nitrogens is 9. The zero-order valence-electron chi connectivity index (χ0n) is 21.7. The van der Waals surface area contributed by atoms with Crippen LogP contribution in [0.2, 0.25) is 0 Å². The third-order valence-corrected chi connectivity index (χ3v) is 7.09. The van der Waals surface area contributed by atoms with E-state index in [1.807, 2.05) is 55.3 Å². The van der Waals surface area contributed by atoms with E-state index in [9.17, 15) is 0 Å². The molecule has 11 heteroatoms. The highest BCUT2D eigenvalue weighted by atomic mass is 15.4. The van der Waals surface area contributed by atoms with Crippen molar-refractivity contribution in [2.75, 3.05) is 19.8 Å². The van der Waals surface area contributed by atoms with Gasteiger partial charge in [0.15, 0.2) is 17.3 Å². The molecule has 7 rings (SSSR count). The Morgan fingerprint density at radius 1 is 1.05 bits per heavy atom. The summed E-state index contributed by atoms with van der Waals surface area (Å²) in [5, 5.41) is 13.2. The topological polar surface area (TPSA) is 121 Å². The van der Waals surface area contributed by atoms with E-state index in [1.54, 1.807) is 17.1 Å². The van der Waals surface area contributed by atoms with Crippen molar-refractivity contribution in [1.82, 2.24) is 49.2 Å². The highest BCUT2D eigenvalue weighted by Crippen LogP contribution is 2.37. The first-order valence-electron chi connectivity index (χ1n) is 12.8. The molecule has 0 fully saturated rings. The summed E-state index contributed by atoms with van der Waals surface area (Å²) >= 11 is 0. The summed E-state index contributed by atoms with van der Waals surface area (Å²) in [6.45, 7) is 0.764. The number of nitrogens with zero attached hydrogens (tertiary/aromatic N) is 10. The summed E-state index contributed by atoms with van der Waals surface area (Å²) in [5.74, 6) is 1.82. The van der Waals surface area contributed by atoms with E-state index in [1.165, 1.54) is 11.1 Å². The first kappa shape index (κ1) is 23.2. The van der Waals surface area contributed by atoms with Gasteiger partial charge in [0.25, 0.3) is 0 Å². The monoisotopic (exact) mass is 517 g/mol. The minimum absolute atomic E-state index is 0.162. The minimum Gasteiger partial charge on any atom is -0.383 e. The van der Waals surface area contributed by atoms with Crippen LogP contribution in [-0.4, -0.2) is 63.3 Å². The van der Waals surface area contributed by atoms with Crippen LogP contribution in [0.1, 0.15) is 29.3 Å². The van der Waals surface area contributed by atoms with Gasteiger partial charge in [-0.3, -0.25) is 4.57 Å². The predicted molar refractivity (Wildman–Crippen MR) is 148 cm³/mol. The summed E-state index contributed by atoms with van der Waals surface area (Å²) in [5.41, 5.74) is 13.0. The van der Waals surface area contributed by atoms with E-state index in [-0.39, 0.29) is 6.04 Å². The van der Waals surface area contributed by atoms with Crippen molar-refractivity contribution in [3.63, 3.8) is 0 Å². The van der Waals surface area contributed by atoms with Gasteiger partial charge in [-0.05, 0) is 80.5 Å². The molecule has 0 amide bonds. The van der Waals surface area contributed by atoms with Crippen molar-refractivity contribution in [2.24, 2.45) is 0 Å². The number of anilines is 1. The third kappa shape index (κ3) is 4.03. The van der Waals surface area contributed by atoms with Gasteiger partial charge in [0.2, 0.25) is 0 Å². The number of hydrogen-bond acceptors (Lipinski definition) is 8. The van der Waals surface area contributed by atoms with E-state index in [0.717, 1.165) is 47.5 Å². The summed E-state index contributed by atoms with van der Waals surface area (Å²) in [6.07, 6.45) is 9.27. The first-order valence-corrected chi connectivity index (χ1v) is 12.8. The maximum atomic E-state index is 6.32. The van der Waals surface area contributed by atoms with E-state index >= 15 is 0 Å². The van der Waals surface area contributed by atoms with Crippen LogP contribution in [0.5, 0.6) is 0 Å². The molecule has 1 aliphatic rings. The van der Waals surface area contributed by atoms with E-state index < -0.39 is 0 Å². The fourth-order valence-electron chi connectivity index (χ4n) is 5.37. The minimum atomic E-state index is 0.162. The van der Waals surface area contributed by atoms with Crippen LogP contribution in [0.3, 0.4) is 0 Å². The molecular formula is C28H27N11. The molecule has 0 spiro atoms. The van der Waals surface area contributed by atoms with Crippen molar-refractivity contribution in [2.45, 2.75) is 25.4 Å². The molecule has 5 aromatic heterocycles. The lowest BCUT2D eigenvalue weighted by Crippen LogP contribution is -2.11. The normalized spacial score (nSPS) is 14.9. The molecule has 0 aliphatic heterocycles. The second-order valence-electron chi connectivity index (χ2n) is 10.0. The lowest BCUT2D eigenvalue weighted by atomic mass is 10.1. The van der Waals surface area contributed by atoms with Gasteiger partial charge in [-0.15, -0.1) is 5.10 Å². The molecule has 0 bridgehead atoms. The molecule has 1 aromatic carbocycles. The van der Waals surface area contributed by atoms with E-state index in [0.29, 0.717) is 17.5 Å². The Bertz CT molecular complexity index is 1800. The molecular weight excluding hydrogens is 490 g/mol. The average molecular weight is 518 g/mol. The van der Waals surface area contributed by atoms with Crippen LogP contribution in [0.4, 0.5) is 5.82 Å². The molecule has 0 saturated heterocycles. The maximum Gasteiger partial charge on any atom is 0.167 e. The third-order valence-electron chi connectivity index (χ3n) is 7.09. The van der Waals surface area contributed by atoms with Crippen molar-refractivity contribution in [3.05, 3.63) is 90.1 Å². The van der Waals surface area contributed by atoms with E-state index in [4.69, 9.17) is 15.7 Å². The van der Waals surface area contributed by atoms with Crippen LogP contribution < -0.4 is 5.73 Å². The Balaban J connectivity index is 1.35. The molecule has 6 aromatic rings. The Labute approximate surface area is 224 Å². The standard InChI is InChI=1S/C28H27N11/c1-36(2)16-19-17-38(35-34-19)24-10-6-18-15-20(7-8-21(18)24)39-27(22-5-3-12-30-26(22)29)32-23-9-11-25(33-28(23)39)37-14-4-13-31-37/h3-5,7-9,11-15,17,24H,6,10,16H2,1-2H3,(H2,29,30). The van der Waals surface area contributed by atoms with Crippen LogP contribution in [0, 0.1) is 0 Å². The van der Waals surface area contributed by atoms with Crippen LogP contribution in [-0.2, 0) is 13.0 Å². The molecule has 0 radical (unpaired) electrons. The zero-order chi connectivity index (χ0) is 26.5. The molecule has 1 unspecified atom stereocenters. The number of imidazole rings is 1. The fourth-order valence-corrected chi connectivity index (χ4v) is 5.37. The molecule has 39 heavy (non-hydrogen) atoms. The summed E-state index contributed by atoms with van der Waals surface area (Å²) in [6, 6.07) is 16.3. The highest BCUT2D eigenvalue weighted by molar-refractivity contribution is 5.83. The van der Waals surface area contributed by atoms with Gasteiger partial charge >= 0.3 is 0 Å². The van der Waals surface area contributed by atoms with Gasteiger partial charge in [0.05, 0.1) is 23.5 Å². The number of benzene rings is 1. The Morgan fingerprint density at radius 2 is 1.97 bits per heavy atom.